The van der Waals surface area contributed by atoms with Gasteiger partial charge in [-0.2, -0.15) is 0 Å². The average Bonchev–Trinajstić information content (AvgIpc) is 3.33. The number of benzene rings is 2. The number of nitrogens with zero attached hydrogens (tertiary/aromatic N) is 2. The van der Waals surface area contributed by atoms with E-state index in [-0.39, 0.29) is 5.88 Å². The van der Waals surface area contributed by atoms with Crippen LogP contribution in [0.15, 0.2) is 59.1 Å². The Kier molecular flexibility index (Phi) is 5.52. The van der Waals surface area contributed by atoms with Crippen molar-refractivity contribution in [2.75, 3.05) is 11.9 Å². The molecule has 3 aromatic rings. The Morgan fingerprint density at radius 2 is 1.81 bits per heavy atom. The smallest absolute Gasteiger partial charge is 0.325 e. The molecule has 2 heterocycles. The van der Waals surface area contributed by atoms with Gasteiger partial charge in [-0.15, -0.1) is 0 Å². The number of aryl methyl sites for hydroxylation is 2. The van der Waals surface area contributed by atoms with Gasteiger partial charge in [0.05, 0.1) is 0 Å². The van der Waals surface area contributed by atoms with Crippen LogP contribution < -0.4 is 10.6 Å². The van der Waals surface area contributed by atoms with Crippen molar-refractivity contribution in [3.63, 3.8) is 0 Å². The normalized spacial score (nSPS) is 18.0. The maximum Gasteiger partial charge on any atom is 0.325 e. The number of hydrogen-bond donors (Lipinski definition) is 2. The highest BCUT2D eigenvalue weighted by molar-refractivity contribution is 6.10. The molecule has 164 valence electrons. The molecule has 8 heteroatoms. The number of imide groups is 1. The van der Waals surface area contributed by atoms with Crippen molar-refractivity contribution in [1.29, 1.82) is 0 Å². The molecule has 8 nitrogen and oxygen atoms in total. The lowest BCUT2D eigenvalue weighted by atomic mass is 9.91. The molecule has 0 bridgehead atoms. The number of hydrogen-bond acceptors (Lipinski definition) is 5. The highest BCUT2D eigenvalue weighted by atomic mass is 16.5. The second kappa shape index (κ2) is 8.30. The minimum atomic E-state index is -1.23. The van der Waals surface area contributed by atoms with Gasteiger partial charge in [0.1, 0.15) is 17.8 Å². The van der Waals surface area contributed by atoms with E-state index in [2.05, 4.69) is 22.7 Å². The van der Waals surface area contributed by atoms with Crippen molar-refractivity contribution in [1.82, 2.24) is 15.4 Å². The summed E-state index contributed by atoms with van der Waals surface area (Å²) < 4.78 is 5.20. The zero-order valence-corrected chi connectivity index (χ0v) is 18.1. The molecule has 1 aliphatic rings. The van der Waals surface area contributed by atoms with Gasteiger partial charge in [0.2, 0.25) is 11.8 Å². The molecule has 2 N–H and O–H groups in total. The van der Waals surface area contributed by atoms with Gasteiger partial charge in [-0.25, -0.2) is 4.79 Å². The van der Waals surface area contributed by atoms with Crippen molar-refractivity contribution in [3.05, 3.63) is 71.3 Å². The number of carbonyl (C=O) groups is 3. The van der Waals surface area contributed by atoms with Crippen molar-refractivity contribution in [3.8, 4) is 11.3 Å². The largest absolute Gasteiger partial charge is 0.338 e. The Labute approximate surface area is 185 Å². The second-order valence-corrected chi connectivity index (χ2v) is 7.99. The molecule has 1 aromatic heterocycles. The van der Waals surface area contributed by atoms with E-state index in [1.165, 1.54) is 5.56 Å². The molecule has 4 amide bonds. The van der Waals surface area contributed by atoms with Crippen LogP contribution in [0.4, 0.5) is 10.7 Å². The number of aromatic nitrogens is 1. The molecule has 0 radical (unpaired) electrons. The second-order valence-electron chi connectivity index (χ2n) is 7.99. The third kappa shape index (κ3) is 3.99. The molecule has 0 saturated carbocycles. The zero-order chi connectivity index (χ0) is 22.9. The molecule has 1 unspecified atom stereocenters. The lowest BCUT2D eigenvalue weighted by molar-refractivity contribution is -0.133. The van der Waals surface area contributed by atoms with Gasteiger partial charge < -0.3 is 9.84 Å². The molecular formula is C24H24N4O4. The van der Waals surface area contributed by atoms with Crippen LogP contribution in [-0.2, 0) is 21.5 Å². The number of urea groups is 1. The van der Waals surface area contributed by atoms with Crippen LogP contribution in [-0.4, -0.2) is 34.4 Å². The van der Waals surface area contributed by atoms with Crippen LogP contribution in [0.2, 0.25) is 0 Å². The maximum atomic E-state index is 13.0. The van der Waals surface area contributed by atoms with Gasteiger partial charge >= 0.3 is 6.03 Å². The van der Waals surface area contributed by atoms with Gasteiger partial charge in [0.25, 0.3) is 5.91 Å². The van der Waals surface area contributed by atoms with Crippen LogP contribution in [0, 0.1) is 6.92 Å². The van der Waals surface area contributed by atoms with E-state index >= 15 is 0 Å². The molecule has 1 saturated heterocycles. The Morgan fingerprint density at radius 1 is 1.12 bits per heavy atom. The van der Waals surface area contributed by atoms with E-state index in [0.29, 0.717) is 11.3 Å². The summed E-state index contributed by atoms with van der Waals surface area (Å²) in [6.07, 6.45) is 0.937. The Hall–Kier alpha value is -3.94. The standard InChI is InChI=1S/C24H24N4O4/c1-4-16-7-9-17(10-8-16)19-13-21(32-27-19)25-20(29)14-28-22(30)24(3,26-23(28)31)18-11-5-15(2)6-12-18/h5-13H,4,14H2,1-3H3,(H,25,29)(H,26,31). The number of rotatable bonds is 6. The highest BCUT2D eigenvalue weighted by Crippen LogP contribution is 2.29. The van der Waals surface area contributed by atoms with Crippen LogP contribution in [0.25, 0.3) is 11.3 Å². The first-order valence-corrected chi connectivity index (χ1v) is 10.4. The predicted molar refractivity (Wildman–Crippen MR) is 119 cm³/mol. The van der Waals surface area contributed by atoms with E-state index < -0.39 is 29.9 Å². The number of amides is 4. The fraction of sp³-hybridized carbons (Fsp3) is 0.250. The summed E-state index contributed by atoms with van der Waals surface area (Å²) in [7, 11) is 0. The van der Waals surface area contributed by atoms with Gasteiger partial charge in [-0.3, -0.25) is 19.8 Å². The van der Waals surface area contributed by atoms with Gasteiger partial charge in [-0.1, -0.05) is 66.2 Å². The van der Waals surface area contributed by atoms with Gasteiger partial charge in [0, 0.05) is 11.6 Å². The van der Waals surface area contributed by atoms with Crippen LogP contribution >= 0.6 is 0 Å². The summed E-state index contributed by atoms with van der Waals surface area (Å²) in [6, 6.07) is 16.2. The quantitative estimate of drug-likeness (QED) is 0.579. The summed E-state index contributed by atoms with van der Waals surface area (Å²) >= 11 is 0. The van der Waals surface area contributed by atoms with Crippen molar-refractivity contribution in [2.24, 2.45) is 0 Å². The van der Waals surface area contributed by atoms with E-state index in [0.717, 1.165) is 22.4 Å². The van der Waals surface area contributed by atoms with Crippen molar-refractivity contribution in [2.45, 2.75) is 32.7 Å². The van der Waals surface area contributed by atoms with E-state index in [1.807, 2.05) is 43.3 Å². The third-order valence-electron chi connectivity index (χ3n) is 5.64. The Balaban J connectivity index is 1.43. The van der Waals surface area contributed by atoms with Gasteiger partial charge in [-0.05, 0) is 31.4 Å². The van der Waals surface area contributed by atoms with Gasteiger partial charge in [0.15, 0.2) is 0 Å². The molecule has 4 rings (SSSR count). The van der Waals surface area contributed by atoms with E-state index in [1.54, 1.807) is 25.1 Å². The van der Waals surface area contributed by atoms with E-state index in [9.17, 15) is 14.4 Å². The molecule has 0 aliphatic carbocycles. The first-order valence-electron chi connectivity index (χ1n) is 10.4. The SMILES string of the molecule is CCc1ccc(-c2cc(NC(=O)CN3C(=O)NC(C)(c4ccc(C)cc4)C3=O)on2)cc1. The molecular weight excluding hydrogens is 408 g/mol. The Bertz CT molecular complexity index is 1170. The van der Waals surface area contributed by atoms with Crippen LogP contribution in [0.3, 0.4) is 0 Å². The highest BCUT2D eigenvalue weighted by Gasteiger charge is 2.49. The lowest BCUT2D eigenvalue weighted by Crippen LogP contribution is -2.42. The zero-order valence-electron chi connectivity index (χ0n) is 18.1. The van der Waals surface area contributed by atoms with Crippen LogP contribution in [0.1, 0.15) is 30.5 Å². The van der Waals surface area contributed by atoms with E-state index in [4.69, 9.17) is 4.52 Å². The molecule has 32 heavy (non-hydrogen) atoms. The minimum Gasteiger partial charge on any atom is -0.338 e. The third-order valence-corrected chi connectivity index (χ3v) is 5.64. The molecule has 1 aliphatic heterocycles. The average molecular weight is 432 g/mol. The fourth-order valence-electron chi connectivity index (χ4n) is 3.63. The molecule has 1 atom stereocenters. The Morgan fingerprint density at radius 3 is 2.47 bits per heavy atom. The summed E-state index contributed by atoms with van der Waals surface area (Å²) in [4.78, 5) is 38.8. The minimum absolute atomic E-state index is 0.137. The topological polar surface area (TPSA) is 105 Å². The van der Waals surface area contributed by atoms with Crippen LogP contribution in [0.5, 0.6) is 0 Å². The maximum absolute atomic E-state index is 13.0. The monoisotopic (exact) mass is 432 g/mol. The molecule has 2 aromatic carbocycles. The summed E-state index contributed by atoms with van der Waals surface area (Å²) in [5.41, 5.74) is 3.10. The lowest BCUT2D eigenvalue weighted by Gasteiger charge is -2.22. The first kappa shape index (κ1) is 21.3. The van der Waals surface area contributed by atoms with Crippen molar-refractivity contribution < 1.29 is 18.9 Å². The molecule has 0 spiro atoms. The molecule has 1 fully saturated rings. The number of carbonyl (C=O) groups excluding carboxylic acids is 3. The number of nitrogens with one attached hydrogen (secondary N) is 2. The van der Waals surface area contributed by atoms with Crippen molar-refractivity contribution >= 4 is 23.7 Å². The fourth-order valence-corrected chi connectivity index (χ4v) is 3.63. The summed E-state index contributed by atoms with van der Waals surface area (Å²) in [5, 5.41) is 9.22. The summed E-state index contributed by atoms with van der Waals surface area (Å²) in [6.45, 7) is 5.20. The number of anilines is 1. The predicted octanol–water partition coefficient (Wildman–Crippen LogP) is 3.62. The summed E-state index contributed by atoms with van der Waals surface area (Å²) in [5.74, 6) is -0.917. The first-order chi connectivity index (χ1) is 15.3.